The molecule has 0 bridgehead atoms. The Kier molecular flexibility index (Phi) is 5.45. The summed E-state index contributed by atoms with van der Waals surface area (Å²) in [6, 6.07) is 9.47. The molecule has 0 N–H and O–H groups in total. The van der Waals surface area contributed by atoms with E-state index >= 15 is 0 Å². The number of para-hydroxylation sites is 1. The van der Waals surface area contributed by atoms with Crippen LogP contribution in [0.15, 0.2) is 35.7 Å². The van der Waals surface area contributed by atoms with E-state index in [9.17, 15) is 4.39 Å². The Balaban J connectivity index is 1.29. The van der Waals surface area contributed by atoms with Gasteiger partial charge in [-0.25, -0.2) is 14.1 Å². The Hall–Kier alpha value is -2.43. The standard InChI is InChI=1S/C20H22FN7S2/c1-2-16(19-23-24-25-28(19)13-14-5-4-12-29-14)26-8-10-27(11-9-26)20-22-18-15(21)6-3-7-17(18)30-20/h3-7,12,16H,2,8-11,13H2,1H3. The number of fused-ring (bicyclic) bond motifs is 1. The Morgan fingerprint density at radius 1 is 1.13 bits per heavy atom. The molecule has 4 aromatic rings. The highest BCUT2D eigenvalue weighted by atomic mass is 32.1. The zero-order valence-electron chi connectivity index (χ0n) is 16.6. The highest BCUT2D eigenvalue weighted by Crippen LogP contribution is 2.32. The quantitative estimate of drug-likeness (QED) is 0.452. The monoisotopic (exact) mass is 443 g/mol. The lowest BCUT2D eigenvalue weighted by Gasteiger charge is -2.38. The number of aromatic nitrogens is 5. The van der Waals surface area contributed by atoms with Crippen molar-refractivity contribution in [3.63, 3.8) is 0 Å². The van der Waals surface area contributed by atoms with Crippen LogP contribution in [-0.4, -0.2) is 56.3 Å². The summed E-state index contributed by atoms with van der Waals surface area (Å²) in [6.07, 6.45) is 0.942. The van der Waals surface area contributed by atoms with Crippen molar-refractivity contribution < 1.29 is 4.39 Å². The fraction of sp³-hybridized carbons (Fsp3) is 0.400. The lowest BCUT2D eigenvalue weighted by atomic mass is 10.1. The van der Waals surface area contributed by atoms with E-state index in [1.165, 1.54) is 10.9 Å². The second kappa shape index (κ2) is 8.37. The van der Waals surface area contributed by atoms with Gasteiger partial charge in [-0.1, -0.05) is 30.4 Å². The van der Waals surface area contributed by atoms with Gasteiger partial charge >= 0.3 is 0 Å². The van der Waals surface area contributed by atoms with E-state index < -0.39 is 0 Å². The second-order valence-electron chi connectivity index (χ2n) is 7.30. The van der Waals surface area contributed by atoms with E-state index in [-0.39, 0.29) is 11.9 Å². The first-order valence-corrected chi connectivity index (χ1v) is 11.7. The molecule has 156 valence electrons. The number of hydrogen-bond acceptors (Lipinski definition) is 8. The SMILES string of the molecule is CCC(c1nnnn1Cc1cccs1)N1CCN(c2nc3c(F)cccc3s2)CC1. The molecule has 1 aliphatic heterocycles. The minimum atomic E-state index is -0.253. The van der Waals surface area contributed by atoms with Crippen LogP contribution in [0.4, 0.5) is 9.52 Å². The number of thiazole rings is 1. The number of tetrazole rings is 1. The van der Waals surface area contributed by atoms with Crippen LogP contribution in [0.2, 0.25) is 0 Å². The predicted octanol–water partition coefficient (Wildman–Crippen LogP) is 3.81. The van der Waals surface area contributed by atoms with Gasteiger partial charge in [0.05, 0.1) is 17.3 Å². The van der Waals surface area contributed by atoms with Gasteiger partial charge in [-0.3, -0.25) is 4.90 Å². The number of halogens is 1. The molecule has 4 heterocycles. The molecule has 1 aromatic carbocycles. The Morgan fingerprint density at radius 2 is 2.00 bits per heavy atom. The van der Waals surface area contributed by atoms with Gasteiger partial charge in [0, 0.05) is 31.1 Å². The highest BCUT2D eigenvalue weighted by molar-refractivity contribution is 7.22. The fourth-order valence-corrected chi connectivity index (χ4v) is 5.70. The van der Waals surface area contributed by atoms with Gasteiger partial charge in [0.1, 0.15) is 11.3 Å². The van der Waals surface area contributed by atoms with Gasteiger partial charge in [0.25, 0.3) is 0 Å². The summed E-state index contributed by atoms with van der Waals surface area (Å²) in [7, 11) is 0. The van der Waals surface area contributed by atoms with Gasteiger partial charge in [-0.05, 0) is 40.4 Å². The minimum Gasteiger partial charge on any atom is -0.345 e. The van der Waals surface area contributed by atoms with Crippen molar-refractivity contribution in [2.24, 2.45) is 0 Å². The molecule has 3 aromatic heterocycles. The third kappa shape index (κ3) is 3.70. The molecule has 1 fully saturated rings. The van der Waals surface area contributed by atoms with Crippen molar-refractivity contribution >= 4 is 38.0 Å². The lowest BCUT2D eigenvalue weighted by Crippen LogP contribution is -2.48. The molecular formula is C20H22FN7S2. The summed E-state index contributed by atoms with van der Waals surface area (Å²) in [4.78, 5) is 10.5. The van der Waals surface area contributed by atoms with E-state index in [1.54, 1.807) is 28.7 Å². The summed E-state index contributed by atoms with van der Waals surface area (Å²) >= 11 is 3.27. The van der Waals surface area contributed by atoms with Crippen molar-refractivity contribution in [2.75, 3.05) is 31.1 Å². The highest BCUT2D eigenvalue weighted by Gasteiger charge is 2.29. The van der Waals surface area contributed by atoms with Gasteiger partial charge in [-0.2, -0.15) is 0 Å². The third-order valence-corrected chi connectivity index (χ3v) is 7.46. The topological polar surface area (TPSA) is 63.0 Å². The molecule has 0 saturated carbocycles. The maximum absolute atomic E-state index is 14.0. The van der Waals surface area contributed by atoms with Crippen LogP contribution in [0.25, 0.3) is 10.2 Å². The fourth-order valence-electron chi connectivity index (χ4n) is 3.98. The van der Waals surface area contributed by atoms with Crippen LogP contribution in [0.1, 0.15) is 30.1 Å². The molecule has 0 amide bonds. The first-order chi connectivity index (χ1) is 14.7. The maximum atomic E-state index is 14.0. The van der Waals surface area contributed by atoms with Crippen LogP contribution >= 0.6 is 22.7 Å². The van der Waals surface area contributed by atoms with E-state index in [0.29, 0.717) is 12.1 Å². The minimum absolute atomic E-state index is 0.176. The van der Waals surface area contributed by atoms with Crippen molar-refractivity contribution in [3.8, 4) is 0 Å². The van der Waals surface area contributed by atoms with Crippen LogP contribution in [-0.2, 0) is 6.54 Å². The van der Waals surface area contributed by atoms with Crippen LogP contribution in [0.3, 0.4) is 0 Å². The zero-order chi connectivity index (χ0) is 20.5. The molecule has 7 nitrogen and oxygen atoms in total. The van der Waals surface area contributed by atoms with Crippen LogP contribution in [0, 0.1) is 5.82 Å². The number of piperazine rings is 1. The Labute approximate surface area is 181 Å². The van der Waals surface area contributed by atoms with Crippen molar-refractivity contribution in [3.05, 3.63) is 52.2 Å². The summed E-state index contributed by atoms with van der Waals surface area (Å²) in [6.45, 7) is 6.37. The molecule has 1 saturated heterocycles. The van der Waals surface area contributed by atoms with Crippen LogP contribution < -0.4 is 4.90 Å². The van der Waals surface area contributed by atoms with E-state index in [0.717, 1.165) is 48.3 Å². The summed E-state index contributed by atoms with van der Waals surface area (Å²) in [5.74, 6) is 0.665. The molecule has 0 spiro atoms. The van der Waals surface area contributed by atoms with Gasteiger partial charge in [0.15, 0.2) is 11.0 Å². The number of hydrogen-bond donors (Lipinski definition) is 0. The average Bonchev–Trinajstić information content (AvgIpc) is 3.52. The summed E-state index contributed by atoms with van der Waals surface area (Å²) in [5.41, 5.74) is 0.471. The third-order valence-electron chi connectivity index (χ3n) is 5.51. The molecule has 1 unspecified atom stereocenters. The Morgan fingerprint density at radius 3 is 2.73 bits per heavy atom. The summed E-state index contributed by atoms with van der Waals surface area (Å²) in [5, 5.41) is 15.5. The van der Waals surface area contributed by atoms with Crippen LogP contribution in [0.5, 0.6) is 0 Å². The van der Waals surface area contributed by atoms with E-state index in [1.807, 2.05) is 10.7 Å². The largest absolute Gasteiger partial charge is 0.345 e. The predicted molar refractivity (Wildman–Crippen MR) is 118 cm³/mol. The number of thiophene rings is 1. The summed E-state index contributed by atoms with van der Waals surface area (Å²) < 4.78 is 16.8. The van der Waals surface area contributed by atoms with Gasteiger partial charge in [0.2, 0.25) is 0 Å². The molecule has 0 radical (unpaired) electrons. The van der Waals surface area contributed by atoms with Crippen molar-refractivity contribution in [2.45, 2.75) is 25.9 Å². The molecule has 1 aliphatic rings. The number of nitrogens with zero attached hydrogens (tertiary/aromatic N) is 7. The molecule has 1 atom stereocenters. The zero-order valence-corrected chi connectivity index (χ0v) is 18.2. The van der Waals surface area contributed by atoms with E-state index in [4.69, 9.17) is 0 Å². The smallest absolute Gasteiger partial charge is 0.186 e. The maximum Gasteiger partial charge on any atom is 0.186 e. The van der Waals surface area contributed by atoms with Crippen molar-refractivity contribution in [1.29, 1.82) is 0 Å². The van der Waals surface area contributed by atoms with Gasteiger partial charge in [-0.15, -0.1) is 16.4 Å². The number of rotatable bonds is 6. The van der Waals surface area contributed by atoms with Gasteiger partial charge < -0.3 is 4.90 Å². The first kappa shape index (κ1) is 19.5. The lowest BCUT2D eigenvalue weighted by molar-refractivity contribution is 0.169. The molecule has 0 aliphatic carbocycles. The van der Waals surface area contributed by atoms with E-state index in [2.05, 4.69) is 54.7 Å². The molecule has 10 heteroatoms. The molecular weight excluding hydrogens is 421 g/mol. The van der Waals surface area contributed by atoms with Crippen molar-refractivity contribution in [1.82, 2.24) is 30.1 Å². The first-order valence-electron chi connectivity index (χ1n) is 10.1. The molecule has 5 rings (SSSR count). The number of benzene rings is 1. The Bertz CT molecular complexity index is 1120. The normalized spacial score (nSPS) is 16.4. The average molecular weight is 444 g/mol. The molecule has 30 heavy (non-hydrogen) atoms. The number of anilines is 1. The second-order valence-corrected chi connectivity index (χ2v) is 9.35.